The Morgan fingerprint density at radius 2 is 2.24 bits per heavy atom. The monoisotopic (exact) mass is 262 g/mol. The summed E-state index contributed by atoms with van der Waals surface area (Å²) in [6, 6.07) is 0.0328. The van der Waals surface area contributed by atoms with Crippen LogP contribution in [-0.4, -0.2) is 41.8 Å². The number of carboxylic acids is 1. The van der Waals surface area contributed by atoms with Crippen LogP contribution in [0.5, 0.6) is 0 Å². The topological polar surface area (TPSA) is 109 Å². The van der Waals surface area contributed by atoms with E-state index in [0.717, 1.165) is 0 Å². The van der Waals surface area contributed by atoms with Crippen molar-refractivity contribution in [2.45, 2.75) is 17.4 Å². The van der Waals surface area contributed by atoms with Crippen LogP contribution < -0.4 is 4.72 Å². The Labute approximate surface area is 98.7 Å². The van der Waals surface area contributed by atoms with Gasteiger partial charge >= 0.3 is 5.97 Å². The normalized spacial score (nSPS) is 13.5. The van der Waals surface area contributed by atoms with Gasteiger partial charge in [0.1, 0.15) is 6.04 Å². The van der Waals surface area contributed by atoms with Crippen LogP contribution in [0.4, 0.5) is 0 Å². The fourth-order valence-electron chi connectivity index (χ4n) is 1.25. The number of carboxylic acid groups (broad SMARTS) is 1. The second kappa shape index (κ2) is 5.30. The average Bonchev–Trinajstić information content (AvgIpc) is 2.64. The summed E-state index contributed by atoms with van der Waals surface area (Å²) in [5.41, 5.74) is 0. The van der Waals surface area contributed by atoms with Crippen LogP contribution in [-0.2, 0) is 21.9 Å². The predicted molar refractivity (Wildman–Crippen MR) is 58.9 cm³/mol. The molecule has 0 aliphatic rings. The first kappa shape index (κ1) is 13.7. The van der Waals surface area contributed by atoms with Crippen molar-refractivity contribution >= 4 is 16.0 Å². The van der Waals surface area contributed by atoms with Crippen molar-refractivity contribution in [3.63, 3.8) is 0 Å². The molecule has 0 amide bonds. The first-order chi connectivity index (χ1) is 7.86. The zero-order valence-electron chi connectivity index (χ0n) is 9.20. The second-order valence-electron chi connectivity index (χ2n) is 3.54. The van der Waals surface area contributed by atoms with Gasteiger partial charge in [0.2, 0.25) is 10.0 Å². The highest BCUT2D eigenvalue weighted by Crippen LogP contribution is 2.09. The van der Waals surface area contributed by atoms with Gasteiger partial charge in [-0.2, -0.15) is 4.72 Å². The third-order valence-corrected chi connectivity index (χ3v) is 3.59. The Kier molecular flexibility index (Phi) is 4.27. The van der Waals surface area contributed by atoms with E-state index < -0.39 is 28.6 Å². The van der Waals surface area contributed by atoms with Crippen LogP contribution in [0.25, 0.3) is 0 Å². The maximum Gasteiger partial charge on any atom is 0.321 e. The van der Waals surface area contributed by atoms with Crippen molar-refractivity contribution in [1.82, 2.24) is 9.29 Å². The van der Waals surface area contributed by atoms with Crippen LogP contribution >= 0.6 is 0 Å². The summed E-state index contributed by atoms with van der Waals surface area (Å²) in [6.07, 6.45) is 2.72. The van der Waals surface area contributed by atoms with E-state index in [9.17, 15) is 13.2 Å². The minimum absolute atomic E-state index is 0.0100. The second-order valence-corrected chi connectivity index (χ2v) is 5.25. The molecule has 3 N–H and O–H groups in total. The molecule has 8 heteroatoms. The van der Waals surface area contributed by atoms with Gasteiger partial charge in [0.15, 0.2) is 0 Å². The van der Waals surface area contributed by atoms with Crippen molar-refractivity contribution in [3.8, 4) is 0 Å². The smallest absolute Gasteiger partial charge is 0.321 e. The van der Waals surface area contributed by atoms with Crippen molar-refractivity contribution < 1.29 is 23.4 Å². The Bertz CT molecular complexity index is 493. The molecule has 0 spiro atoms. The van der Waals surface area contributed by atoms with Crippen molar-refractivity contribution in [2.24, 2.45) is 7.05 Å². The molecule has 1 aromatic heterocycles. The van der Waals surface area contributed by atoms with E-state index in [0.29, 0.717) is 0 Å². The molecule has 0 bridgehead atoms. The van der Waals surface area contributed by atoms with Gasteiger partial charge in [-0.1, -0.05) is 0 Å². The lowest BCUT2D eigenvalue weighted by molar-refractivity contribution is -0.139. The molecule has 1 rings (SSSR count). The highest BCUT2D eigenvalue weighted by molar-refractivity contribution is 7.89. The molecule has 0 saturated heterocycles. The summed E-state index contributed by atoms with van der Waals surface area (Å²) in [4.78, 5) is 10.8. The molecular weight excluding hydrogens is 248 g/mol. The highest BCUT2D eigenvalue weighted by atomic mass is 32.2. The first-order valence-corrected chi connectivity index (χ1v) is 6.33. The lowest BCUT2D eigenvalue weighted by Gasteiger charge is -2.12. The van der Waals surface area contributed by atoms with E-state index in [1.807, 2.05) is 4.72 Å². The lowest BCUT2D eigenvalue weighted by Crippen LogP contribution is -2.41. The number of hydrogen-bond donors (Lipinski definition) is 3. The van der Waals surface area contributed by atoms with Crippen LogP contribution in [0.1, 0.15) is 6.42 Å². The number of aliphatic hydroxyl groups is 1. The Hall–Kier alpha value is -1.38. The first-order valence-electron chi connectivity index (χ1n) is 4.85. The number of sulfonamides is 1. The van der Waals surface area contributed by atoms with E-state index in [1.54, 1.807) is 7.05 Å². The summed E-state index contributed by atoms with van der Waals surface area (Å²) >= 11 is 0. The number of aryl methyl sites for hydroxylation is 1. The molecule has 0 radical (unpaired) electrons. The Morgan fingerprint density at radius 3 is 2.65 bits per heavy atom. The maximum atomic E-state index is 11.8. The molecular formula is C9H14N2O5S. The van der Waals surface area contributed by atoms with E-state index in [4.69, 9.17) is 10.2 Å². The summed E-state index contributed by atoms with van der Waals surface area (Å²) in [6.45, 7) is -0.408. The van der Waals surface area contributed by atoms with Gasteiger partial charge in [-0.15, -0.1) is 0 Å². The number of carbonyl (C=O) groups is 1. The Morgan fingerprint density at radius 1 is 1.59 bits per heavy atom. The van der Waals surface area contributed by atoms with Crippen LogP contribution in [0.15, 0.2) is 23.4 Å². The number of aliphatic carboxylic acids is 1. The highest BCUT2D eigenvalue weighted by Gasteiger charge is 2.25. The number of hydrogen-bond acceptors (Lipinski definition) is 4. The van der Waals surface area contributed by atoms with Gasteiger partial charge in [-0.25, -0.2) is 8.42 Å². The molecule has 0 aliphatic carbocycles. The lowest BCUT2D eigenvalue weighted by atomic mass is 10.2. The number of rotatable bonds is 6. The minimum atomic E-state index is -3.87. The van der Waals surface area contributed by atoms with Crippen LogP contribution in [0.3, 0.4) is 0 Å². The molecule has 0 unspecified atom stereocenters. The number of nitrogens with zero attached hydrogens (tertiary/aromatic N) is 1. The largest absolute Gasteiger partial charge is 0.480 e. The zero-order valence-corrected chi connectivity index (χ0v) is 10.0. The third kappa shape index (κ3) is 3.55. The van der Waals surface area contributed by atoms with Gasteiger partial charge in [-0.3, -0.25) is 4.79 Å². The fraction of sp³-hybridized carbons (Fsp3) is 0.444. The minimum Gasteiger partial charge on any atom is -0.480 e. The van der Waals surface area contributed by atoms with E-state index in [-0.39, 0.29) is 11.3 Å². The summed E-state index contributed by atoms with van der Waals surface area (Å²) in [7, 11) is -2.21. The number of aliphatic hydroxyl groups excluding tert-OH is 1. The van der Waals surface area contributed by atoms with Gasteiger partial charge in [-0.05, 0) is 12.5 Å². The van der Waals surface area contributed by atoms with Gasteiger partial charge in [0.25, 0.3) is 0 Å². The number of aromatic nitrogens is 1. The average molecular weight is 262 g/mol. The van der Waals surface area contributed by atoms with Crippen molar-refractivity contribution in [3.05, 3.63) is 18.5 Å². The molecule has 1 aromatic rings. The standard InChI is InChI=1S/C9H14N2O5S/c1-11-4-2-7(6-11)17(15,16)10-8(3-5-12)9(13)14/h2,4,6,8,10,12H,3,5H2,1H3,(H,13,14)/t8-/m0/s1. The zero-order chi connectivity index (χ0) is 13.1. The van der Waals surface area contributed by atoms with E-state index >= 15 is 0 Å². The SMILES string of the molecule is Cn1ccc(S(=O)(=O)N[C@@H](CCO)C(=O)O)c1. The van der Waals surface area contributed by atoms with Gasteiger partial charge in [0.05, 0.1) is 4.90 Å². The van der Waals surface area contributed by atoms with Crippen molar-refractivity contribution in [2.75, 3.05) is 6.61 Å². The van der Waals surface area contributed by atoms with Crippen LogP contribution in [0, 0.1) is 0 Å². The molecule has 17 heavy (non-hydrogen) atoms. The molecule has 1 atom stereocenters. The summed E-state index contributed by atoms with van der Waals surface area (Å²) < 4.78 is 27.1. The molecule has 0 fully saturated rings. The van der Waals surface area contributed by atoms with Gasteiger partial charge in [0, 0.05) is 26.0 Å². The molecule has 96 valence electrons. The number of nitrogens with one attached hydrogen (secondary N) is 1. The predicted octanol–water partition coefficient (Wildman–Crippen LogP) is -0.861. The summed E-state index contributed by atoms with van der Waals surface area (Å²) in [5, 5.41) is 17.4. The Balaban J connectivity index is 2.88. The molecule has 0 aromatic carbocycles. The van der Waals surface area contributed by atoms with E-state index in [1.165, 1.54) is 23.0 Å². The molecule has 1 heterocycles. The summed E-state index contributed by atoms with van der Waals surface area (Å²) in [5.74, 6) is -1.32. The van der Waals surface area contributed by atoms with Gasteiger partial charge < -0.3 is 14.8 Å². The molecule has 7 nitrogen and oxygen atoms in total. The fourth-order valence-corrected chi connectivity index (χ4v) is 2.53. The van der Waals surface area contributed by atoms with Crippen LogP contribution in [0.2, 0.25) is 0 Å². The third-order valence-electron chi connectivity index (χ3n) is 2.13. The quantitative estimate of drug-likeness (QED) is 0.618. The van der Waals surface area contributed by atoms with Crippen molar-refractivity contribution in [1.29, 1.82) is 0 Å². The molecule has 0 aliphatic heterocycles. The maximum absolute atomic E-state index is 11.8. The molecule has 0 saturated carbocycles. The van der Waals surface area contributed by atoms with E-state index in [2.05, 4.69) is 0 Å².